The summed E-state index contributed by atoms with van der Waals surface area (Å²) in [5.74, 6) is 0.748. The van der Waals surface area contributed by atoms with E-state index in [1.54, 1.807) is 6.07 Å². The summed E-state index contributed by atoms with van der Waals surface area (Å²) in [5, 5.41) is 3.27. The molecule has 1 atom stereocenters. The van der Waals surface area contributed by atoms with Crippen LogP contribution in [0.5, 0.6) is 5.75 Å². The first-order chi connectivity index (χ1) is 10.2. The van der Waals surface area contributed by atoms with Gasteiger partial charge in [0.2, 0.25) is 0 Å². The number of rotatable bonds is 4. The molecule has 0 spiro atoms. The molecule has 2 aromatic carbocycles. The number of halogens is 1. The molecule has 1 heterocycles. The molecule has 0 fully saturated rings. The van der Waals surface area contributed by atoms with E-state index in [1.807, 2.05) is 30.3 Å². The van der Waals surface area contributed by atoms with Gasteiger partial charge in [-0.3, -0.25) is 0 Å². The van der Waals surface area contributed by atoms with Crippen LogP contribution >= 0.6 is 0 Å². The molecule has 0 saturated heterocycles. The third-order valence-electron chi connectivity index (χ3n) is 3.82. The Kier molecular flexibility index (Phi) is 3.93. The molecule has 2 nitrogen and oxygen atoms in total. The van der Waals surface area contributed by atoms with E-state index in [4.69, 9.17) is 4.74 Å². The fourth-order valence-corrected chi connectivity index (χ4v) is 2.76. The van der Waals surface area contributed by atoms with Gasteiger partial charge in [-0.2, -0.15) is 0 Å². The molecule has 1 aliphatic rings. The van der Waals surface area contributed by atoms with Gasteiger partial charge in [0, 0.05) is 18.5 Å². The van der Waals surface area contributed by atoms with Crippen LogP contribution in [0, 0.1) is 5.82 Å². The third-order valence-corrected chi connectivity index (χ3v) is 3.82. The van der Waals surface area contributed by atoms with Crippen molar-refractivity contribution in [2.45, 2.75) is 32.9 Å². The number of nitrogens with one attached hydrogen (secondary N) is 1. The van der Waals surface area contributed by atoms with Gasteiger partial charge in [-0.1, -0.05) is 19.1 Å². The zero-order chi connectivity index (χ0) is 14.8. The first-order valence-corrected chi connectivity index (χ1v) is 7.46. The molecule has 1 unspecified atom stereocenters. The van der Waals surface area contributed by atoms with Gasteiger partial charge in [-0.15, -0.1) is 0 Å². The van der Waals surface area contributed by atoms with Crippen molar-refractivity contribution in [3.63, 3.8) is 0 Å². The van der Waals surface area contributed by atoms with Crippen LogP contribution in [-0.2, 0) is 13.0 Å². The smallest absolute Gasteiger partial charge is 0.131 e. The zero-order valence-electron chi connectivity index (χ0n) is 12.4. The van der Waals surface area contributed by atoms with Crippen LogP contribution in [0.25, 0.3) is 11.1 Å². The van der Waals surface area contributed by atoms with Crippen molar-refractivity contribution in [2.24, 2.45) is 0 Å². The summed E-state index contributed by atoms with van der Waals surface area (Å²) in [6.07, 6.45) is 1.10. The first-order valence-electron chi connectivity index (χ1n) is 7.46. The van der Waals surface area contributed by atoms with E-state index in [9.17, 15) is 4.39 Å². The van der Waals surface area contributed by atoms with Crippen molar-refractivity contribution in [2.75, 3.05) is 6.54 Å². The average molecular weight is 285 g/mol. The van der Waals surface area contributed by atoms with Gasteiger partial charge in [0.25, 0.3) is 0 Å². The van der Waals surface area contributed by atoms with Gasteiger partial charge in [0.1, 0.15) is 17.7 Å². The summed E-state index contributed by atoms with van der Waals surface area (Å²) in [7, 11) is 0. The molecule has 3 rings (SSSR count). The highest BCUT2D eigenvalue weighted by Gasteiger charge is 2.19. The Morgan fingerprint density at radius 3 is 2.90 bits per heavy atom. The quantitative estimate of drug-likeness (QED) is 0.919. The van der Waals surface area contributed by atoms with E-state index < -0.39 is 0 Å². The third kappa shape index (κ3) is 2.93. The highest BCUT2D eigenvalue weighted by Crippen LogP contribution is 2.34. The Bertz CT molecular complexity index is 654. The lowest BCUT2D eigenvalue weighted by Crippen LogP contribution is -2.11. The number of ether oxygens (including phenoxy) is 1. The second-order valence-electron chi connectivity index (χ2n) is 5.55. The largest absolute Gasteiger partial charge is 0.490 e. The van der Waals surface area contributed by atoms with Crippen molar-refractivity contribution >= 4 is 0 Å². The van der Waals surface area contributed by atoms with Crippen LogP contribution in [0.1, 0.15) is 25.0 Å². The van der Waals surface area contributed by atoms with E-state index in [2.05, 4.69) is 19.2 Å². The summed E-state index contributed by atoms with van der Waals surface area (Å²) in [6.45, 7) is 5.78. The maximum absolute atomic E-state index is 14.2. The number of fused-ring (bicyclic) bond motifs is 1. The second kappa shape index (κ2) is 5.86. The molecular formula is C18H20FNO. The SMILES string of the molecule is CCNCc1ccc(F)c(-c2ccc3c(c2)CC(C)O3)c1. The average Bonchev–Trinajstić information content (AvgIpc) is 2.85. The van der Waals surface area contributed by atoms with Crippen LogP contribution in [-0.4, -0.2) is 12.6 Å². The fraction of sp³-hybridized carbons (Fsp3) is 0.333. The molecule has 0 saturated carbocycles. The van der Waals surface area contributed by atoms with Crippen LogP contribution in [0.15, 0.2) is 36.4 Å². The Hall–Kier alpha value is -1.87. The summed E-state index contributed by atoms with van der Waals surface area (Å²) in [5.41, 5.74) is 3.84. The Labute approximate surface area is 125 Å². The fourth-order valence-electron chi connectivity index (χ4n) is 2.76. The van der Waals surface area contributed by atoms with Gasteiger partial charge in [0.05, 0.1) is 0 Å². The summed E-state index contributed by atoms with van der Waals surface area (Å²) in [6, 6.07) is 11.2. The van der Waals surface area contributed by atoms with E-state index in [0.717, 1.165) is 42.0 Å². The minimum atomic E-state index is -0.179. The summed E-state index contributed by atoms with van der Waals surface area (Å²) in [4.78, 5) is 0. The highest BCUT2D eigenvalue weighted by molar-refractivity contribution is 5.67. The minimum Gasteiger partial charge on any atom is -0.490 e. The Morgan fingerprint density at radius 2 is 2.10 bits per heavy atom. The predicted molar refractivity (Wildman–Crippen MR) is 83.0 cm³/mol. The number of hydrogen-bond donors (Lipinski definition) is 1. The molecule has 3 heteroatoms. The molecule has 0 bridgehead atoms. The number of benzene rings is 2. The van der Waals surface area contributed by atoms with Crippen molar-refractivity contribution < 1.29 is 9.13 Å². The molecular weight excluding hydrogens is 265 g/mol. The minimum absolute atomic E-state index is 0.179. The molecule has 0 aliphatic carbocycles. The van der Waals surface area contributed by atoms with E-state index in [0.29, 0.717) is 5.56 Å². The maximum atomic E-state index is 14.2. The topological polar surface area (TPSA) is 21.3 Å². The lowest BCUT2D eigenvalue weighted by molar-refractivity contribution is 0.254. The van der Waals surface area contributed by atoms with Crippen molar-refractivity contribution in [3.05, 3.63) is 53.3 Å². The van der Waals surface area contributed by atoms with Gasteiger partial charge in [-0.05, 0) is 54.4 Å². The predicted octanol–water partition coefficient (Wildman–Crippen LogP) is 3.93. The molecule has 0 amide bonds. The van der Waals surface area contributed by atoms with E-state index in [1.165, 1.54) is 0 Å². The lowest BCUT2D eigenvalue weighted by Gasteiger charge is -2.09. The Balaban J connectivity index is 1.95. The number of hydrogen-bond acceptors (Lipinski definition) is 2. The van der Waals surface area contributed by atoms with Gasteiger partial charge in [0.15, 0.2) is 0 Å². The van der Waals surface area contributed by atoms with E-state index >= 15 is 0 Å². The lowest BCUT2D eigenvalue weighted by atomic mass is 9.99. The van der Waals surface area contributed by atoms with Gasteiger partial charge in [-0.25, -0.2) is 4.39 Å². The Morgan fingerprint density at radius 1 is 1.24 bits per heavy atom. The summed E-state index contributed by atoms with van der Waals surface area (Å²) < 4.78 is 19.9. The molecule has 1 aliphatic heterocycles. The zero-order valence-corrected chi connectivity index (χ0v) is 12.4. The van der Waals surface area contributed by atoms with Crippen LogP contribution in [0.3, 0.4) is 0 Å². The first kappa shape index (κ1) is 14.1. The molecule has 2 aromatic rings. The van der Waals surface area contributed by atoms with Crippen molar-refractivity contribution in [1.29, 1.82) is 0 Å². The van der Waals surface area contributed by atoms with Crippen LogP contribution in [0.4, 0.5) is 4.39 Å². The molecule has 110 valence electrons. The maximum Gasteiger partial charge on any atom is 0.131 e. The molecule has 0 radical (unpaired) electrons. The highest BCUT2D eigenvalue weighted by atomic mass is 19.1. The van der Waals surface area contributed by atoms with E-state index in [-0.39, 0.29) is 11.9 Å². The molecule has 1 N–H and O–H groups in total. The summed E-state index contributed by atoms with van der Waals surface area (Å²) >= 11 is 0. The monoisotopic (exact) mass is 285 g/mol. The van der Waals surface area contributed by atoms with Crippen LogP contribution in [0.2, 0.25) is 0 Å². The van der Waals surface area contributed by atoms with Crippen molar-refractivity contribution in [1.82, 2.24) is 5.32 Å². The standard InChI is InChI=1S/C18H20FNO/c1-3-20-11-13-4-6-17(19)16(9-13)14-5-7-18-15(10-14)8-12(2)21-18/h4-7,9-10,12,20H,3,8,11H2,1-2H3. The van der Waals surface area contributed by atoms with Crippen molar-refractivity contribution in [3.8, 4) is 16.9 Å². The van der Waals surface area contributed by atoms with Crippen LogP contribution < -0.4 is 10.1 Å². The van der Waals surface area contributed by atoms with Gasteiger partial charge >= 0.3 is 0 Å². The second-order valence-corrected chi connectivity index (χ2v) is 5.55. The normalized spacial score (nSPS) is 16.6. The molecule has 0 aromatic heterocycles. The van der Waals surface area contributed by atoms with Gasteiger partial charge < -0.3 is 10.1 Å². The molecule has 21 heavy (non-hydrogen) atoms.